The van der Waals surface area contributed by atoms with Crippen LogP contribution in [0.5, 0.6) is 0 Å². The minimum atomic E-state index is 0.688. The first-order chi connectivity index (χ1) is 35.8. The molecule has 14 heteroatoms. The van der Waals surface area contributed by atoms with E-state index in [2.05, 4.69) is 132 Å². The molecule has 0 bridgehead atoms. The second-order valence-electron chi connectivity index (χ2n) is 18.4. The highest BCUT2D eigenvalue weighted by Gasteiger charge is 2.37. The molecule has 0 amide bonds. The maximum absolute atomic E-state index is 5.57. The molecule has 5 aromatic carbocycles. The quantitative estimate of drug-likeness (QED) is 0.152. The zero-order valence-electron chi connectivity index (χ0n) is 40.5. The van der Waals surface area contributed by atoms with Gasteiger partial charge in [-0.25, -0.2) is 39.9 Å². The summed E-state index contributed by atoms with van der Waals surface area (Å²) in [7, 11) is 10.3. The lowest BCUT2D eigenvalue weighted by molar-refractivity contribution is 0.925. The number of hydrogen-bond acceptors (Lipinski definition) is 10. The summed E-state index contributed by atoms with van der Waals surface area (Å²) in [5, 5.41) is 0. The molecule has 0 unspecified atom stereocenters. The van der Waals surface area contributed by atoms with Crippen molar-refractivity contribution in [3.8, 4) is 67.8 Å². The number of nitrogens with zero attached hydrogens (tertiary/aromatic N) is 14. The molecule has 0 N–H and O–H groups in total. The average Bonchev–Trinajstić information content (AvgIpc) is 4.19. The van der Waals surface area contributed by atoms with Gasteiger partial charge in [0.15, 0.2) is 22.6 Å². The van der Waals surface area contributed by atoms with Crippen molar-refractivity contribution in [2.24, 2.45) is 28.2 Å². The van der Waals surface area contributed by atoms with Crippen molar-refractivity contribution in [1.82, 2.24) is 58.1 Å². The number of aryl methyl sites for hydroxylation is 4. The average molecular weight is 949 g/mol. The van der Waals surface area contributed by atoms with Gasteiger partial charge in [0.05, 0.1) is 22.7 Å². The monoisotopic (exact) mass is 948 g/mol. The fourth-order valence-electron chi connectivity index (χ4n) is 11.0. The van der Waals surface area contributed by atoms with Gasteiger partial charge in [0.1, 0.15) is 45.4 Å². The Morgan fingerprint density at radius 3 is 1.03 bits per heavy atom. The van der Waals surface area contributed by atoms with Crippen LogP contribution in [0.2, 0.25) is 0 Å². The Morgan fingerprint density at radius 1 is 0.301 bits per heavy atom. The SMILES string of the molecule is CN1c2ccccc2N(c2cccc(-c3c(-c4nc5cccnc5n4C)c(-c4nc5cccnc5n4C)c(-c4ccccc4)c(-c4nc5cccnc5n4C)c3-c3nc4cccnc4n3C)c2)c2ccccc21. The third-order valence-corrected chi connectivity index (χ3v) is 14.3. The molecule has 0 fully saturated rings. The predicted molar refractivity (Wildman–Crippen MR) is 290 cm³/mol. The molecule has 0 saturated heterocycles. The molecule has 73 heavy (non-hydrogen) atoms. The summed E-state index contributed by atoms with van der Waals surface area (Å²) in [5.41, 5.74) is 18.1. The van der Waals surface area contributed by atoms with Gasteiger partial charge in [-0.2, -0.15) is 0 Å². The van der Waals surface area contributed by atoms with Gasteiger partial charge in [0.2, 0.25) is 0 Å². The molecular formula is C59H44N14. The fraction of sp³-hybridized carbons (Fsp3) is 0.0847. The minimum Gasteiger partial charge on any atom is -0.341 e. The summed E-state index contributed by atoms with van der Waals surface area (Å²) in [4.78, 5) is 46.5. The normalized spacial score (nSPS) is 12.4. The number of para-hydroxylation sites is 4. The summed E-state index contributed by atoms with van der Waals surface area (Å²) in [5.74, 6) is 2.76. The van der Waals surface area contributed by atoms with Gasteiger partial charge in [0, 0.05) is 99.1 Å². The summed E-state index contributed by atoms with van der Waals surface area (Å²) in [6.45, 7) is 0. The van der Waals surface area contributed by atoms with Crippen molar-refractivity contribution in [1.29, 1.82) is 0 Å². The van der Waals surface area contributed by atoms with Gasteiger partial charge < -0.3 is 28.1 Å². The molecule has 14 rings (SSSR count). The Labute approximate surface area is 418 Å². The first-order valence-electron chi connectivity index (χ1n) is 24.1. The first kappa shape index (κ1) is 42.1. The Balaban J connectivity index is 1.24. The minimum absolute atomic E-state index is 0.688. The molecule has 14 nitrogen and oxygen atoms in total. The molecule has 8 aromatic heterocycles. The number of hydrogen-bond donors (Lipinski definition) is 0. The number of aromatic nitrogens is 12. The first-order valence-corrected chi connectivity index (χ1v) is 24.1. The predicted octanol–water partition coefficient (Wildman–Crippen LogP) is 12.4. The molecular weight excluding hydrogens is 905 g/mol. The maximum atomic E-state index is 5.57. The van der Waals surface area contributed by atoms with Crippen molar-refractivity contribution in [2.75, 3.05) is 16.8 Å². The molecule has 0 saturated carbocycles. The highest BCUT2D eigenvalue weighted by molar-refractivity contribution is 6.14. The van der Waals surface area contributed by atoms with Gasteiger partial charge in [-0.15, -0.1) is 0 Å². The van der Waals surface area contributed by atoms with E-state index in [4.69, 9.17) is 39.9 Å². The van der Waals surface area contributed by atoms with E-state index >= 15 is 0 Å². The van der Waals surface area contributed by atoms with Crippen LogP contribution in [0.1, 0.15) is 0 Å². The van der Waals surface area contributed by atoms with Gasteiger partial charge in [-0.1, -0.05) is 66.7 Å². The van der Waals surface area contributed by atoms with Crippen molar-refractivity contribution >= 4 is 73.1 Å². The van der Waals surface area contributed by atoms with Crippen LogP contribution in [0.25, 0.3) is 112 Å². The standard InChI is InChI=1S/C59H44N14/c1-68-42-26-9-11-28-44(42)73(45-29-12-10-27-43(45)68)37-21-13-20-36(34-37)47-50(58-66-40-24-16-32-62-54(40)71(58)4)48(56-64-38-22-14-30-60-52(38)69(56)2)46(35-18-7-6-8-19-35)49(57-65-39-23-15-31-61-53(39)70(57)3)51(47)59-67-41-25-17-33-63-55(41)72(59)5/h6-34H,1-5H3. The van der Waals surface area contributed by atoms with Gasteiger partial charge in [0.25, 0.3) is 0 Å². The van der Waals surface area contributed by atoms with Crippen LogP contribution in [0.4, 0.5) is 28.4 Å². The Kier molecular flexibility index (Phi) is 9.29. The zero-order valence-corrected chi connectivity index (χ0v) is 40.5. The van der Waals surface area contributed by atoms with Crippen LogP contribution in [-0.2, 0) is 28.2 Å². The number of imidazole rings is 4. The summed E-state index contributed by atoms with van der Waals surface area (Å²) >= 11 is 0. The highest BCUT2D eigenvalue weighted by atomic mass is 15.3. The van der Waals surface area contributed by atoms with Gasteiger partial charge >= 0.3 is 0 Å². The molecule has 1 aliphatic rings. The number of anilines is 5. The molecule has 0 radical (unpaired) electrons. The molecule has 13 aromatic rings. The Morgan fingerprint density at radius 2 is 0.644 bits per heavy atom. The van der Waals surface area contributed by atoms with Crippen molar-refractivity contribution in [3.05, 3.63) is 176 Å². The van der Waals surface area contributed by atoms with Crippen molar-refractivity contribution in [3.63, 3.8) is 0 Å². The molecule has 0 aliphatic carbocycles. The number of rotatable bonds is 7. The molecule has 0 spiro atoms. The van der Waals surface area contributed by atoms with E-state index in [0.717, 1.165) is 118 Å². The maximum Gasteiger partial charge on any atom is 0.159 e. The Bertz CT molecular complexity index is 4140. The molecule has 0 atom stereocenters. The van der Waals surface area contributed by atoms with Gasteiger partial charge in [-0.05, 0) is 96.1 Å². The Hall–Kier alpha value is -9.82. The smallest absolute Gasteiger partial charge is 0.159 e. The molecule has 350 valence electrons. The molecule has 9 heterocycles. The second-order valence-corrected chi connectivity index (χ2v) is 18.4. The van der Waals surface area contributed by atoms with Crippen molar-refractivity contribution < 1.29 is 0 Å². The number of pyridine rings is 4. The van der Waals surface area contributed by atoms with E-state index in [0.29, 0.717) is 23.3 Å². The lowest BCUT2D eigenvalue weighted by atomic mass is 9.79. The van der Waals surface area contributed by atoms with E-state index in [1.54, 1.807) is 0 Å². The lowest BCUT2D eigenvalue weighted by Crippen LogP contribution is -2.23. The van der Waals surface area contributed by atoms with E-state index in [1.165, 1.54) is 0 Å². The summed E-state index contributed by atoms with van der Waals surface area (Å²) in [6.07, 6.45) is 7.27. The van der Waals surface area contributed by atoms with Crippen LogP contribution >= 0.6 is 0 Å². The van der Waals surface area contributed by atoms with Crippen LogP contribution < -0.4 is 9.80 Å². The third kappa shape index (κ3) is 6.23. The highest BCUT2D eigenvalue weighted by Crippen LogP contribution is 2.57. The second kappa shape index (κ2) is 16.1. The lowest BCUT2D eigenvalue weighted by Gasteiger charge is -2.38. The summed E-state index contributed by atoms with van der Waals surface area (Å²) in [6, 6.07) is 52.3. The van der Waals surface area contributed by atoms with E-state index in [-0.39, 0.29) is 0 Å². The largest absolute Gasteiger partial charge is 0.341 e. The third-order valence-electron chi connectivity index (χ3n) is 14.3. The number of benzene rings is 5. The zero-order chi connectivity index (χ0) is 49.1. The van der Waals surface area contributed by atoms with E-state index in [1.807, 2.05) is 108 Å². The number of fused-ring (bicyclic) bond motifs is 6. The van der Waals surface area contributed by atoms with Crippen LogP contribution in [0, 0.1) is 0 Å². The van der Waals surface area contributed by atoms with E-state index < -0.39 is 0 Å². The van der Waals surface area contributed by atoms with Crippen LogP contribution in [-0.4, -0.2) is 65.2 Å². The topological polar surface area (TPSA) is 129 Å². The van der Waals surface area contributed by atoms with Crippen LogP contribution in [0.3, 0.4) is 0 Å². The van der Waals surface area contributed by atoms with E-state index in [9.17, 15) is 0 Å². The van der Waals surface area contributed by atoms with Crippen LogP contribution in [0.15, 0.2) is 176 Å². The fourth-order valence-corrected chi connectivity index (χ4v) is 11.0. The van der Waals surface area contributed by atoms with Gasteiger partial charge in [-0.3, -0.25) is 0 Å². The molecule has 1 aliphatic heterocycles. The summed E-state index contributed by atoms with van der Waals surface area (Å²) < 4.78 is 8.39. The van der Waals surface area contributed by atoms with Crippen molar-refractivity contribution in [2.45, 2.75) is 0 Å².